The highest BCUT2D eigenvalue weighted by molar-refractivity contribution is 5.82. The molecule has 1 unspecified atom stereocenters. The van der Waals surface area contributed by atoms with Crippen LogP contribution in [-0.2, 0) is 4.79 Å². The summed E-state index contributed by atoms with van der Waals surface area (Å²) in [7, 11) is 0. The van der Waals surface area contributed by atoms with Gasteiger partial charge in [-0.1, -0.05) is 6.07 Å². The van der Waals surface area contributed by atoms with E-state index in [4.69, 9.17) is 5.11 Å². The maximum atomic E-state index is 12.9. The molecule has 0 saturated heterocycles. The lowest BCUT2D eigenvalue weighted by Gasteiger charge is -2.19. The molecule has 1 aromatic carbocycles. The second kappa shape index (κ2) is 4.09. The molecule has 0 bridgehead atoms. The van der Waals surface area contributed by atoms with Gasteiger partial charge >= 0.3 is 5.92 Å². The molecular formula is C9H7F4NO2. The molecule has 0 radical (unpaired) electrons. The van der Waals surface area contributed by atoms with Gasteiger partial charge in [0.15, 0.2) is 17.7 Å². The van der Waals surface area contributed by atoms with E-state index < -0.39 is 35.1 Å². The predicted octanol–water partition coefficient (Wildman–Crippen LogP) is 1.12. The first-order valence-corrected chi connectivity index (χ1v) is 4.07. The van der Waals surface area contributed by atoms with Gasteiger partial charge < -0.3 is 10.8 Å². The van der Waals surface area contributed by atoms with Gasteiger partial charge in [0, 0.05) is 0 Å². The van der Waals surface area contributed by atoms with Gasteiger partial charge in [0.1, 0.15) is 0 Å². The van der Waals surface area contributed by atoms with Crippen molar-refractivity contribution in [3.05, 3.63) is 35.4 Å². The molecule has 3 nitrogen and oxygen atoms in total. The van der Waals surface area contributed by atoms with E-state index >= 15 is 0 Å². The number of aliphatic hydroxyl groups is 1. The zero-order valence-electron chi connectivity index (χ0n) is 7.75. The van der Waals surface area contributed by atoms with Crippen molar-refractivity contribution >= 4 is 5.91 Å². The summed E-state index contributed by atoms with van der Waals surface area (Å²) in [6.45, 7) is 0. The Bertz CT molecular complexity index is 422. The van der Waals surface area contributed by atoms with Gasteiger partial charge in [0.25, 0.3) is 5.91 Å². The van der Waals surface area contributed by atoms with E-state index in [0.717, 1.165) is 6.07 Å². The molecule has 0 aliphatic rings. The lowest BCUT2D eigenvalue weighted by atomic mass is 10.0. The van der Waals surface area contributed by atoms with Crippen LogP contribution in [0.15, 0.2) is 18.2 Å². The molecular weight excluding hydrogens is 230 g/mol. The quantitative estimate of drug-likeness (QED) is 0.774. The lowest BCUT2D eigenvalue weighted by molar-refractivity contribution is -0.160. The molecule has 0 saturated carbocycles. The van der Waals surface area contributed by atoms with Crippen molar-refractivity contribution in [1.29, 1.82) is 0 Å². The summed E-state index contributed by atoms with van der Waals surface area (Å²) < 4.78 is 51.0. The highest BCUT2D eigenvalue weighted by Crippen LogP contribution is 2.31. The average molecular weight is 237 g/mol. The third-order valence-electron chi connectivity index (χ3n) is 1.93. The number of carbonyl (C=O) groups is 1. The number of primary amides is 1. The van der Waals surface area contributed by atoms with Crippen LogP contribution in [0.25, 0.3) is 0 Å². The first kappa shape index (κ1) is 12.4. The van der Waals surface area contributed by atoms with Gasteiger partial charge in [-0.3, -0.25) is 4.79 Å². The summed E-state index contributed by atoms with van der Waals surface area (Å²) in [5, 5.41) is 9.09. The monoisotopic (exact) mass is 237 g/mol. The number of hydrogen-bond acceptors (Lipinski definition) is 2. The number of benzene rings is 1. The fourth-order valence-corrected chi connectivity index (χ4v) is 1.03. The first-order valence-electron chi connectivity index (χ1n) is 4.07. The predicted molar refractivity (Wildman–Crippen MR) is 45.5 cm³/mol. The van der Waals surface area contributed by atoms with Crippen molar-refractivity contribution in [3.63, 3.8) is 0 Å². The highest BCUT2D eigenvalue weighted by atomic mass is 19.3. The van der Waals surface area contributed by atoms with Crippen molar-refractivity contribution in [3.8, 4) is 0 Å². The van der Waals surface area contributed by atoms with E-state index in [-0.39, 0.29) is 0 Å². The number of amides is 1. The minimum Gasteiger partial charge on any atom is -0.381 e. The maximum absolute atomic E-state index is 12.9. The molecule has 0 aliphatic heterocycles. The zero-order chi connectivity index (χ0) is 12.5. The normalized spacial score (nSPS) is 13.6. The van der Waals surface area contributed by atoms with Gasteiger partial charge in [-0.05, 0) is 17.7 Å². The molecule has 3 N–H and O–H groups in total. The van der Waals surface area contributed by atoms with Crippen molar-refractivity contribution < 1.29 is 27.5 Å². The summed E-state index contributed by atoms with van der Waals surface area (Å²) in [5.41, 5.74) is 3.72. The third kappa shape index (κ3) is 2.13. The Morgan fingerprint density at radius 3 is 2.31 bits per heavy atom. The summed E-state index contributed by atoms with van der Waals surface area (Å²) in [5.74, 6) is -8.95. The minimum atomic E-state index is -4.25. The molecule has 1 rings (SSSR count). The maximum Gasteiger partial charge on any atom is 0.353 e. The van der Waals surface area contributed by atoms with Gasteiger partial charge in [-0.2, -0.15) is 8.78 Å². The summed E-state index contributed by atoms with van der Waals surface area (Å²) in [6.07, 6.45) is -2.61. The molecule has 0 heterocycles. The average Bonchev–Trinajstić information content (AvgIpc) is 2.20. The Balaban J connectivity index is 3.10. The molecule has 88 valence electrons. The van der Waals surface area contributed by atoms with Crippen molar-refractivity contribution in [2.24, 2.45) is 5.73 Å². The SMILES string of the molecule is NC(=O)C(F)(F)C(O)c1ccc(F)c(F)c1. The molecule has 1 atom stereocenters. The van der Waals surface area contributed by atoms with Crippen LogP contribution in [0.5, 0.6) is 0 Å². The van der Waals surface area contributed by atoms with Crippen LogP contribution in [-0.4, -0.2) is 16.9 Å². The fraction of sp³-hybridized carbons (Fsp3) is 0.222. The second-order valence-corrected chi connectivity index (χ2v) is 3.06. The Morgan fingerprint density at radius 2 is 1.88 bits per heavy atom. The second-order valence-electron chi connectivity index (χ2n) is 3.06. The standard InChI is InChI=1S/C9H7F4NO2/c10-5-2-1-4(3-6(5)11)7(15)9(12,13)8(14)16/h1-3,7,15H,(H2,14,16). The summed E-state index contributed by atoms with van der Waals surface area (Å²) in [4.78, 5) is 10.3. The van der Waals surface area contributed by atoms with Crippen LogP contribution in [0.4, 0.5) is 17.6 Å². The lowest BCUT2D eigenvalue weighted by Crippen LogP contribution is -2.41. The number of halogens is 4. The largest absolute Gasteiger partial charge is 0.381 e. The Hall–Kier alpha value is -1.63. The molecule has 0 aromatic heterocycles. The van der Waals surface area contributed by atoms with Crippen LogP contribution < -0.4 is 5.73 Å². The number of aliphatic hydroxyl groups excluding tert-OH is 1. The van der Waals surface area contributed by atoms with Crippen molar-refractivity contribution in [1.82, 2.24) is 0 Å². The van der Waals surface area contributed by atoms with E-state index in [2.05, 4.69) is 5.73 Å². The van der Waals surface area contributed by atoms with Gasteiger partial charge in [-0.15, -0.1) is 0 Å². The molecule has 7 heteroatoms. The number of alkyl halides is 2. The zero-order valence-corrected chi connectivity index (χ0v) is 7.75. The van der Waals surface area contributed by atoms with Crippen molar-refractivity contribution in [2.45, 2.75) is 12.0 Å². The summed E-state index contributed by atoms with van der Waals surface area (Å²) in [6, 6.07) is 1.67. The topological polar surface area (TPSA) is 63.3 Å². The van der Waals surface area contributed by atoms with Crippen molar-refractivity contribution in [2.75, 3.05) is 0 Å². The van der Waals surface area contributed by atoms with Gasteiger partial charge in [0.05, 0.1) is 0 Å². The van der Waals surface area contributed by atoms with E-state index in [9.17, 15) is 22.4 Å². The molecule has 0 aliphatic carbocycles. The number of rotatable bonds is 3. The highest BCUT2D eigenvalue weighted by Gasteiger charge is 2.45. The minimum absolute atomic E-state index is 0.372. The van der Waals surface area contributed by atoms with Crippen LogP contribution in [0.2, 0.25) is 0 Å². The Labute approximate surface area is 87.5 Å². The Morgan fingerprint density at radius 1 is 1.31 bits per heavy atom. The van der Waals surface area contributed by atoms with Gasteiger partial charge in [-0.25, -0.2) is 8.78 Å². The number of carbonyl (C=O) groups excluding carboxylic acids is 1. The number of nitrogens with two attached hydrogens (primary N) is 1. The molecule has 1 aromatic rings. The molecule has 0 spiro atoms. The van der Waals surface area contributed by atoms with Crippen LogP contribution >= 0.6 is 0 Å². The first-order chi connectivity index (χ1) is 7.26. The third-order valence-corrected chi connectivity index (χ3v) is 1.93. The van der Waals surface area contributed by atoms with Crippen LogP contribution in [0, 0.1) is 11.6 Å². The Kier molecular flexibility index (Phi) is 3.18. The molecule has 16 heavy (non-hydrogen) atoms. The van der Waals surface area contributed by atoms with E-state index in [1.54, 1.807) is 0 Å². The number of hydrogen-bond donors (Lipinski definition) is 2. The van der Waals surface area contributed by atoms with E-state index in [0.29, 0.717) is 12.1 Å². The fourth-order valence-electron chi connectivity index (χ4n) is 1.03. The smallest absolute Gasteiger partial charge is 0.353 e. The molecule has 1 amide bonds. The van der Waals surface area contributed by atoms with Crippen LogP contribution in [0.1, 0.15) is 11.7 Å². The van der Waals surface area contributed by atoms with Gasteiger partial charge in [0.2, 0.25) is 0 Å². The van der Waals surface area contributed by atoms with E-state index in [1.807, 2.05) is 0 Å². The van der Waals surface area contributed by atoms with Crippen LogP contribution in [0.3, 0.4) is 0 Å². The summed E-state index contributed by atoms with van der Waals surface area (Å²) >= 11 is 0. The van der Waals surface area contributed by atoms with E-state index in [1.165, 1.54) is 0 Å². The molecule has 0 fully saturated rings.